The quantitative estimate of drug-likeness (QED) is 0.849. The molecule has 0 bridgehead atoms. The molecule has 0 saturated heterocycles. The maximum Gasteiger partial charge on any atom is 0.0513 e. The van der Waals surface area contributed by atoms with Crippen LogP contribution in [0.1, 0.15) is 25.8 Å². The Labute approximate surface area is 112 Å². The number of hydrogen-bond donors (Lipinski definition) is 2. The Morgan fingerprint density at radius 1 is 1.41 bits per heavy atom. The van der Waals surface area contributed by atoms with Gasteiger partial charge in [-0.15, -0.1) is 0 Å². The summed E-state index contributed by atoms with van der Waals surface area (Å²) >= 11 is 3.59. The van der Waals surface area contributed by atoms with Gasteiger partial charge in [0.2, 0.25) is 0 Å². The minimum atomic E-state index is 0.224. The van der Waals surface area contributed by atoms with E-state index in [9.17, 15) is 0 Å². The van der Waals surface area contributed by atoms with Gasteiger partial charge in [0.15, 0.2) is 0 Å². The maximum absolute atomic E-state index is 8.94. The molecular formula is C13H21BrN2O. The fourth-order valence-electron chi connectivity index (χ4n) is 1.81. The first kappa shape index (κ1) is 14.5. The molecule has 0 saturated carbocycles. The molecule has 0 aromatic heterocycles. The Morgan fingerprint density at radius 2 is 2.12 bits per heavy atom. The predicted octanol–water partition coefficient (Wildman–Crippen LogP) is 2.50. The summed E-state index contributed by atoms with van der Waals surface area (Å²) in [5.41, 5.74) is 7.89. The number of halogens is 1. The molecule has 1 aromatic carbocycles. The first-order valence-corrected chi connectivity index (χ1v) is 6.75. The smallest absolute Gasteiger partial charge is 0.0513 e. The zero-order chi connectivity index (χ0) is 12.8. The number of benzene rings is 1. The van der Waals surface area contributed by atoms with Gasteiger partial charge in [-0.05, 0) is 53.9 Å². The van der Waals surface area contributed by atoms with E-state index in [1.165, 1.54) is 0 Å². The van der Waals surface area contributed by atoms with Gasteiger partial charge in [-0.2, -0.15) is 0 Å². The first-order chi connectivity index (χ1) is 8.10. The zero-order valence-electron chi connectivity index (χ0n) is 10.5. The van der Waals surface area contributed by atoms with Crippen LogP contribution in [0.5, 0.6) is 0 Å². The Kier molecular flexibility index (Phi) is 5.95. The second-order valence-electron chi connectivity index (χ2n) is 4.35. The van der Waals surface area contributed by atoms with E-state index in [4.69, 9.17) is 10.8 Å². The summed E-state index contributed by atoms with van der Waals surface area (Å²) in [6, 6.07) is 6.60. The van der Waals surface area contributed by atoms with Gasteiger partial charge in [-0.25, -0.2) is 0 Å². The van der Waals surface area contributed by atoms with Crippen molar-refractivity contribution < 1.29 is 5.11 Å². The van der Waals surface area contributed by atoms with E-state index in [0.717, 1.165) is 28.7 Å². The number of hydrogen-bond acceptors (Lipinski definition) is 3. The molecule has 3 N–H and O–H groups in total. The van der Waals surface area contributed by atoms with Crippen molar-refractivity contribution in [1.82, 2.24) is 0 Å². The highest BCUT2D eigenvalue weighted by atomic mass is 79.9. The Hall–Kier alpha value is -0.580. The molecule has 0 radical (unpaired) electrons. The number of nitrogens with two attached hydrogens (primary N) is 1. The van der Waals surface area contributed by atoms with Crippen molar-refractivity contribution in [2.24, 2.45) is 5.73 Å². The number of nitrogens with zero attached hydrogens (tertiary/aromatic N) is 1. The Balaban J connectivity index is 2.93. The van der Waals surface area contributed by atoms with E-state index in [1.54, 1.807) is 0 Å². The molecule has 4 heteroatoms. The van der Waals surface area contributed by atoms with Crippen LogP contribution in [0.4, 0.5) is 5.69 Å². The fraction of sp³-hybridized carbons (Fsp3) is 0.538. The number of aliphatic hydroxyl groups excluding tert-OH is 1. The average molecular weight is 301 g/mol. The number of rotatable bonds is 6. The van der Waals surface area contributed by atoms with Crippen molar-refractivity contribution in [2.75, 3.05) is 18.1 Å². The molecule has 0 aliphatic carbocycles. The number of anilines is 1. The summed E-state index contributed by atoms with van der Waals surface area (Å²) in [7, 11) is 0. The molecule has 3 nitrogen and oxygen atoms in total. The third-order valence-corrected chi connectivity index (χ3v) is 3.37. The van der Waals surface area contributed by atoms with Crippen LogP contribution in [0.2, 0.25) is 0 Å². The maximum atomic E-state index is 8.94. The highest BCUT2D eigenvalue weighted by molar-refractivity contribution is 9.10. The van der Waals surface area contributed by atoms with Gasteiger partial charge in [-0.1, -0.05) is 6.07 Å². The second kappa shape index (κ2) is 6.99. The minimum Gasteiger partial charge on any atom is -0.396 e. The molecule has 0 heterocycles. The first-order valence-electron chi connectivity index (χ1n) is 5.96. The zero-order valence-corrected chi connectivity index (χ0v) is 12.1. The lowest BCUT2D eigenvalue weighted by atomic mass is 10.1. The molecule has 96 valence electrons. The van der Waals surface area contributed by atoms with Gasteiger partial charge >= 0.3 is 0 Å². The van der Waals surface area contributed by atoms with Crippen molar-refractivity contribution in [2.45, 2.75) is 32.9 Å². The van der Waals surface area contributed by atoms with Crippen LogP contribution < -0.4 is 10.6 Å². The van der Waals surface area contributed by atoms with Crippen molar-refractivity contribution in [1.29, 1.82) is 0 Å². The molecule has 1 aromatic rings. The molecule has 1 rings (SSSR count). The van der Waals surface area contributed by atoms with E-state index >= 15 is 0 Å². The monoisotopic (exact) mass is 300 g/mol. The molecule has 0 aliphatic heterocycles. The van der Waals surface area contributed by atoms with Crippen molar-refractivity contribution >= 4 is 21.6 Å². The summed E-state index contributed by atoms with van der Waals surface area (Å²) in [5, 5.41) is 8.94. The van der Waals surface area contributed by atoms with Crippen molar-refractivity contribution in [3.05, 3.63) is 28.2 Å². The Morgan fingerprint density at radius 3 is 2.59 bits per heavy atom. The van der Waals surface area contributed by atoms with E-state index in [2.05, 4.69) is 52.9 Å². The molecule has 0 unspecified atom stereocenters. The molecular weight excluding hydrogens is 280 g/mol. The van der Waals surface area contributed by atoms with E-state index in [0.29, 0.717) is 12.6 Å². The third kappa shape index (κ3) is 3.98. The highest BCUT2D eigenvalue weighted by Gasteiger charge is 2.13. The standard InChI is InChI=1S/C13H21BrN2O/c1-10(2)16(6-3-7-17)13-5-4-11(9-15)8-12(13)14/h4-5,8,10,17H,3,6-7,9,15H2,1-2H3. The van der Waals surface area contributed by atoms with Crippen LogP contribution in [0, 0.1) is 0 Å². The predicted molar refractivity (Wildman–Crippen MR) is 76.2 cm³/mol. The van der Waals surface area contributed by atoms with Crippen LogP contribution in [0.15, 0.2) is 22.7 Å². The molecule has 0 spiro atoms. The second-order valence-corrected chi connectivity index (χ2v) is 5.21. The number of aliphatic hydroxyl groups is 1. The molecule has 0 amide bonds. The van der Waals surface area contributed by atoms with Gasteiger partial charge < -0.3 is 15.7 Å². The normalized spacial score (nSPS) is 10.9. The van der Waals surface area contributed by atoms with Crippen LogP contribution >= 0.6 is 15.9 Å². The average Bonchev–Trinajstić information content (AvgIpc) is 2.30. The van der Waals surface area contributed by atoms with Gasteiger partial charge in [0.25, 0.3) is 0 Å². The highest BCUT2D eigenvalue weighted by Crippen LogP contribution is 2.28. The van der Waals surface area contributed by atoms with Crippen molar-refractivity contribution in [3.8, 4) is 0 Å². The topological polar surface area (TPSA) is 49.5 Å². The summed E-state index contributed by atoms with van der Waals surface area (Å²) in [5.74, 6) is 0. The van der Waals surface area contributed by atoms with Gasteiger partial charge in [-0.3, -0.25) is 0 Å². The van der Waals surface area contributed by atoms with Gasteiger partial charge in [0, 0.05) is 30.2 Å². The van der Waals surface area contributed by atoms with E-state index < -0.39 is 0 Å². The fourth-order valence-corrected chi connectivity index (χ4v) is 2.46. The van der Waals surface area contributed by atoms with Gasteiger partial charge in [0.05, 0.1) is 5.69 Å². The Bertz CT molecular complexity index is 355. The van der Waals surface area contributed by atoms with Crippen molar-refractivity contribution in [3.63, 3.8) is 0 Å². The molecule has 17 heavy (non-hydrogen) atoms. The SMILES string of the molecule is CC(C)N(CCCO)c1ccc(CN)cc1Br. The van der Waals surface area contributed by atoms with Crippen LogP contribution in [0.3, 0.4) is 0 Å². The lowest BCUT2D eigenvalue weighted by Crippen LogP contribution is -2.32. The molecule has 0 fully saturated rings. The molecule has 0 atom stereocenters. The van der Waals surface area contributed by atoms with Crippen LogP contribution in [-0.2, 0) is 6.54 Å². The van der Waals surface area contributed by atoms with E-state index in [-0.39, 0.29) is 6.61 Å². The lowest BCUT2D eigenvalue weighted by molar-refractivity contribution is 0.288. The largest absolute Gasteiger partial charge is 0.396 e. The van der Waals surface area contributed by atoms with Crippen LogP contribution in [-0.4, -0.2) is 24.3 Å². The lowest BCUT2D eigenvalue weighted by Gasteiger charge is -2.30. The molecule has 0 aliphatic rings. The van der Waals surface area contributed by atoms with E-state index in [1.807, 2.05) is 0 Å². The minimum absolute atomic E-state index is 0.224. The van der Waals surface area contributed by atoms with Gasteiger partial charge in [0.1, 0.15) is 0 Å². The summed E-state index contributed by atoms with van der Waals surface area (Å²) in [6.07, 6.45) is 0.781. The summed E-state index contributed by atoms with van der Waals surface area (Å²) < 4.78 is 1.06. The third-order valence-electron chi connectivity index (χ3n) is 2.74. The van der Waals surface area contributed by atoms with Crippen LogP contribution in [0.25, 0.3) is 0 Å². The summed E-state index contributed by atoms with van der Waals surface area (Å²) in [4.78, 5) is 2.28. The summed E-state index contributed by atoms with van der Waals surface area (Å²) in [6.45, 7) is 5.94.